The molecule has 0 bridgehead atoms. The van der Waals surface area contributed by atoms with Gasteiger partial charge in [0.15, 0.2) is 17.1 Å². The summed E-state index contributed by atoms with van der Waals surface area (Å²) in [6.07, 6.45) is 1.34. The maximum atomic E-state index is 13.2. The van der Waals surface area contributed by atoms with E-state index in [0.29, 0.717) is 28.9 Å². The first-order valence-electron chi connectivity index (χ1n) is 8.51. The Hall–Kier alpha value is -2.02. The van der Waals surface area contributed by atoms with E-state index in [9.17, 15) is 4.39 Å². The molecule has 28 heavy (non-hydrogen) atoms. The molecular formula is C20H18Cl2FN3OS. The first-order chi connectivity index (χ1) is 13.5. The maximum absolute atomic E-state index is 13.2. The molecule has 0 radical (unpaired) electrons. The molecule has 2 aromatic carbocycles. The average molecular weight is 438 g/mol. The molecule has 8 heteroatoms. The van der Waals surface area contributed by atoms with Crippen LogP contribution >= 0.6 is 35.0 Å². The van der Waals surface area contributed by atoms with Gasteiger partial charge in [0.2, 0.25) is 0 Å². The van der Waals surface area contributed by atoms with Crippen LogP contribution in [-0.4, -0.2) is 14.8 Å². The molecule has 146 valence electrons. The Bertz CT molecular complexity index is 980. The second-order valence-corrected chi connectivity index (χ2v) is 7.78. The van der Waals surface area contributed by atoms with Gasteiger partial charge in [0.1, 0.15) is 11.6 Å². The van der Waals surface area contributed by atoms with Crippen LogP contribution in [0.2, 0.25) is 10.0 Å². The summed E-state index contributed by atoms with van der Waals surface area (Å²) in [6.45, 7) is 6.18. The Morgan fingerprint density at radius 1 is 1.25 bits per heavy atom. The van der Waals surface area contributed by atoms with Crippen molar-refractivity contribution in [2.24, 2.45) is 0 Å². The summed E-state index contributed by atoms with van der Waals surface area (Å²) in [7, 11) is 0. The molecule has 0 aliphatic heterocycles. The Labute approximate surface area is 177 Å². The standard InChI is InChI=1S/C20H18Cl2FN3OS/c1-3-9-26-19(13(2)27-18-8-7-16(23)11-17(18)22)24-25-20(26)28-12-14-5-4-6-15(21)10-14/h3-8,10-11,13H,1,9,12H2,2H3. The molecule has 3 aromatic rings. The zero-order valence-corrected chi connectivity index (χ0v) is 17.4. The number of hydrogen-bond acceptors (Lipinski definition) is 4. The lowest BCUT2D eigenvalue weighted by Crippen LogP contribution is -2.12. The largest absolute Gasteiger partial charge is 0.481 e. The van der Waals surface area contributed by atoms with Crippen LogP contribution in [0.4, 0.5) is 4.39 Å². The minimum absolute atomic E-state index is 0.206. The molecule has 1 aromatic heterocycles. The average Bonchev–Trinajstić information content (AvgIpc) is 3.05. The molecular weight excluding hydrogens is 420 g/mol. The third kappa shape index (κ3) is 5.07. The molecule has 0 N–H and O–H groups in total. The number of halogens is 3. The highest BCUT2D eigenvalue weighted by Crippen LogP contribution is 2.31. The summed E-state index contributed by atoms with van der Waals surface area (Å²) in [5.74, 6) is 1.31. The van der Waals surface area contributed by atoms with Gasteiger partial charge in [0.25, 0.3) is 0 Å². The predicted octanol–water partition coefficient (Wildman–Crippen LogP) is 6.34. The summed E-state index contributed by atoms with van der Waals surface area (Å²) in [5, 5.41) is 10.2. The Balaban J connectivity index is 1.78. The van der Waals surface area contributed by atoms with Gasteiger partial charge in [0.05, 0.1) is 5.02 Å². The summed E-state index contributed by atoms with van der Waals surface area (Å²) in [5.41, 5.74) is 1.09. The molecule has 0 saturated heterocycles. The van der Waals surface area contributed by atoms with Crippen LogP contribution in [0, 0.1) is 5.82 Å². The number of ether oxygens (including phenoxy) is 1. The molecule has 1 atom stereocenters. The maximum Gasteiger partial charge on any atom is 0.191 e. The third-order valence-electron chi connectivity index (χ3n) is 3.88. The molecule has 0 amide bonds. The molecule has 4 nitrogen and oxygen atoms in total. The van der Waals surface area contributed by atoms with E-state index in [0.717, 1.165) is 10.7 Å². The topological polar surface area (TPSA) is 39.9 Å². The fourth-order valence-corrected chi connectivity index (χ4v) is 3.92. The van der Waals surface area contributed by atoms with Gasteiger partial charge in [-0.2, -0.15) is 0 Å². The highest BCUT2D eigenvalue weighted by molar-refractivity contribution is 7.98. The minimum atomic E-state index is -0.434. The highest BCUT2D eigenvalue weighted by atomic mass is 35.5. The van der Waals surface area contributed by atoms with Crippen LogP contribution in [0.5, 0.6) is 5.75 Å². The summed E-state index contributed by atoms with van der Waals surface area (Å²) in [6, 6.07) is 11.7. The lowest BCUT2D eigenvalue weighted by Gasteiger charge is -2.16. The first-order valence-corrected chi connectivity index (χ1v) is 10.2. The van der Waals surface area contributed by atoms with E-state index >= 15 is 0 Å². The van der Waals surface area contributed by atoms with Crippen LogP contribution in [0.3, 0.4) is 0 Å². The van der Waals surface area contributed by atoms with Gasteiger partial charge >= 0.3 is 0 Å². The summed E-state index contributed by atoms with van der Waals surface area (Å²) < 4.78 is 21.1. The zero-order chi connectivity index (χ0) is 20.1. The predicted molar refractivity (Wildman–Crippen MR) is 112 cm³/mol. The van der Waals surface area contributed by atoms with E-state index in [1.165, 1.54) is 18.2 Å². The molecule has 3 rings (SSSR count). The minimum Gasteiger partial charge on any atom is -0.481 e. The van der Waals surface area contributed by atoms with Crippen LogP contribution in [0.1, 0.15) is 24.4 Å². The number of nitrogens with zero attached hydrogens (tertiary/aromatic N) is 3. The van der Waals surface area contributed by atoms with Crippen molar-refractivity contribution in [2.75, 3.05) is 0 Å². The molecule has 1 heterocycles. The number of hydrogen-bond donors (Lipinski definition) is 0. The smallest absolute Gasteiger partial charge is 0.191 e. The lowest BCUT2D eigenvalue weighted by atomic mass is 10.2. The number of benzene rings is 2. The van der Waals surface area contributed by atoms with Crippen molar-refractivity contribution in [2.45, 2.75) is 30.5 Å². The van der Waals surface area contributed by atoms with E-state index < -0.39 is 11.9 Å². The van der Waals surface area contributed by atoms with Crippen LogP contribution < -0.4 is 4.74 Å². The van der Waals surface area contributed by atoms with Crippen molar-refractivity contribution in [1.29, 1.82) is 0 Å². The lowest BCUT2D eigenvalue weighted by molar-refractivity contribution is 0.210. The highest BCUT2D eigenvalue weighted by Gasteiger charge is 2.20. The monoisotopic (exact) mass is 437 g/mol. The van der Waals surface area contributed by atoms with Crippen molar-refractivity contribution < 1.29 is 9.13 Å². The van der Waals surface area contributed by atoms with E-state index in [1.807, 2.05) is 35.8 Å². The van der Waals surface area contributed by atoms with Crippen LogP contribution in [0.15, 0.2) is 60.3 Å². The summed E-state index contributed by atoms with van der Waals surface area (Å²) in [4.78, 5) is 0. The van der Waals surface area contributed by atoms with Crippen molar-refractivity contribution in [3.05, 3.63) is 82.4 Å². The second-order valence-electron chi connectivity index (χ2n) is 5.99. The molecule has 0 aliphatic rings. The van der Waals surface area contributed by atoms with Gasteiger partial charge in [-0.05, 0) is 42.8 Å². The van der Waals surface area contributed by atoms with Crippen LogP contribution in [-0.2, 0) is 12.3 Å². The van der Waals surface area contributed by atoms with Gasteiger partial charge in [-0.1, -0.05) is 53.2 Å². The Morgan fingerprint density at radius 3 is 2.79 bits per heavy atom. The van der Waals surface area contributed by atoms with Gasteiger partial charge in [-0.3, -0.25) is 4.57 Å². The van der Waals surface area contributed by atoms with Crippen LogP contribution in [0.25, 0.3) is 0 Å². The Morgan fingerprint density at radius 2 is 2.07 bits per heavy atom. The molecule has 0 fully saturated rings. The van der Waals surface area contributed by atoms with Gasteiger partial charge in [-0.25, -0.2) is 4.39 Å². The molecule has 1 unspecified atom stereocenters. The SMILES string of the molecule is C=CCn1c(SCc2cccc(Cl)c2)nnc1C(C)Oc1ccc(F)cc1Cl. The van der Waals surface area contributed by atoms with E-state index in [1.54, 1.807) is 17.8 Å². The Kier molecular flexibility index (Phi) is 6.99. The molecule has 0 aliphatic carbocycles. The van der Waals surface area contributed by atoms with E-state index in [-0.39, 0.29) is 5.02 Å². The fraction of sp³-hybridized carbons (Fsp3) is 0.200. The molecule has 0 saturated carbocycles. The number of aromatic nitrogens is 3. The fourth-order valence-electron chi connectivity index (χ4n) is 2.60. The van der Waals surface area contributed by atoms with E-state index in [4.69, 9.17) is 27.9 Å². The van der Waals surface area contributed by atoms with Gasteiger partial charge < -0.3 is 4.74 Å². The van der Waals surface area contributed by atoms with Crippen molar-refractivity contribution in [1.82, 2.24) is 14.8 Å². The second kappa shape index (κ2) is 9.45. The quantitative estimate of drug-likeness (QED) is 0.304. The van der Waals surface area contributed by atoms with Crippen molar-refractivity contribution in [3.8, 4) is 5.75 Å². The number of allylic oxidation sites excluding steroid dienone is 1. The van der Waals surface area contributed by atoms with Gasteiger partial charge in [0, 0.05) is 17.3 Å². The first kappa shape index (κ1) is 20.7. The van der Waals surface area contributed by atoms with Crippen molar-refractivity contribution >= 4 is 35.0 Å². The third-order valence-corrected chi connectivity index (χ3v) is 5.44. The molecule has 0 spiro atoms. The number of rotatable bonds is 8. The van der Waals surface area contributed by atoms with Gasteiger partial charge in [-0.15, -0.1) is 16.8 Å². The summed E-state index contributed by atoms with van der Waals surface area (Å²) >= 11 is 13.7. The van der Waals surface area contributed by atoms with Crippen molar-refractivity contribution in [3.63, 3.8) is 0 Å². The van der Waals surface area contributed by atoms with E-state index in [2.05, 4.69) is 16.8 Å². The number of thioether (sulfide) groups is 1. The normalized spacial score (nSPS) is 12.0. The zero-order valence-electron chi connectivity index (χ0n) is 15.1.